The minimum Gasteiger partial charge on any atom is -0.456 e. The van der Waals surface area contributed by atoms with Gasteiger partial charge in [-0.1, -0.05) is 158 Å². The van der Waals surface area contributed by atoms with Crippen LogP contribution in [0, 0.1) is 0 Å². The smallest absolute Gasteiger partial charge is 0.135 e. The third kappa shape index (κ3) is 4.26. The summed E-state index contributed by atoms with van der Waals surface area (Å²) in [5, 5.41) is 15.2. The lowest BCUT2D eigenvalue weighted by Gasteiger charge is -2.18. The Morgan fingerprint density at radius 2 is 0.870 bits per heavy atom. The molecule has 0 aliphatic rings. The predicted molar refractivity (Wildman–Crippen MR) is 233 cm³/mol. The molecule has 250 valence electrons. The average Bonchev–Trinajstić information content (AvgIpc) is 3.81. The first-order chi connectivity index (χ1) is 26.8. The number of hydrogen-bond donors (Lipinski definition) is 0. The van der Waals surface area contributed by atoms with Crippen molar-refractivity contribution < 1.29 is 4.42 Å². The molecule has 12 rings (SSSR count). The van der Waals surface area contributed by atoms with Crippen molar-refractivity contribution in [3.63, 3.8) is 0 Å². The van der Waals surface area contributed by atoms with Gasteiger partial charge in [-0.3, -0.25) is 0 Å². The van der Waals surface area contributed by atoms with E-state index in [0.717, 1.165) is 21.9 Å². The fraction of sp³-hybridized carbons (Fsp3) is 0. The van der Waals surface area contributed by atoms with E-state index in [9.17, 15) is 0 Å². The van der Waals surface area contributed by atoms with E-state index in [2.05, 4.69) is 170 Å². The normalized spacial score (nSPS) is 12.1. The van der Waals surface area contributed by atoms with Crippen molar-refractivity contribution in [2.24, 2.45) is 0 Å². The van der Waals surface area contributed by atoms with Crippen LogP contribution in [0.25, 0.3) is 119 Å². The molecule has 0 amide bonds. The van der Waals surface area contributed by atoms with Crippen LogP contribution < -0.4 is 0 Å². The first kappa shape index (κ1) is 29.8. The van der Waals surface area contributed by atoms with Gasteiger partial charge in [0.25, 0.3) is 0 Å². The van der Waals surface area contributed by atoms with Crippen LogP contribution in [0.2, 0.25) is 0 Å². The standard InChI is InChI=1S/C52H30OS/c1-2-12-35-31(11-1)25-27-43-51-38-15-4-3-13-36(38)44(30-48(51)54-52(35)43)32-21-23-33(24-22-32)49-39-16-5-7-18-41(39)50(42-19-8-6-17-40(42)49)34-26-28-47-45(29-34)37-14-9-10-20-46(37)53-47/h1-30H. The second-order valence-electron chi connectivity index (χ2n) is 14.3. The Morgan fingerprint density at radius 3 is 1.59 bits per heavy atom. The average molecular weight is 703 g/mol. The van der Waals surface area contributed by atoms with Crippen molar-refractivity contribution in [3.8, 4) is 33.4 Å². The Hall–Kier alpha value is -6.74. The third-order valence-corrected chi connectivity index (χ3v) is 12.6. The Balaban J connectivity index is 1.05. The number of para-hydroxylation sites is 1. The second-order valence-corrected chi connectivity index (χ2v) is 15.4. The van der Waals surface area contributed by atoms with Crippen molar-refractivity contribution >= 4 is 96.5 Å². The predicted octanol–water partition coefficient (Wildman–Crippen LogP) is 15.6. The minimum absolute atomic E-state index is 0.915. The number of furan rings is 1. The summed E-state index contributed by atoms with van der Waals surface area (Å²) >= 11 is 1.91. The molecule has 0 N–H and O–H groups in total. The summed E-state index contributed by atoms with van der Waals surface area (Å²) in [6.07, 6.45) is 0. The van der Waals surface area contributed by atoms with E-state index in [1.807, 2.05) is 23.5 Å². The van der Waals surface area contributed by atoms with Gasteiger partial charge in [-0.25, -0.2) is 0 Å². The summed E-state index contributed by atoms with van der Waals surface area (Å²) in [7, 11) is 0. The molecule has 0 atom stereocenters. The van der Waals surface area contributed by atoms with E-state index in [-0.39, 0.29) is 0 Å². The lowest BCUT2D eigenvalue weighted by atomic mass is 9.85. The molecule has 0 saturated heterocycles. The molecule has 0 aliphatic heterocycles. The molecule has 1 nitrogen and oxygen atoms in total. The summed E-state index contributed by atoms with van der Waals surface area (Å²) in [4.78, 5) is 0. The molecule has 10 aromatic carbocycles. The molecule has 2 aromatic heterocycles. The summed E-state index contributed by atoms with van der Waals surface area (Å²) in [5.74, 6) is 0. The molecule has 0 spiro atoms. The first-order valence-electron chi connectivity index (χ1n) is 18.5. The Bertz CT molecular complexity index is 3430. The lowest BCUT2D eigenvalue weighted by molar-refractivity contribution is 0.669. The summed E-state index contributed by atoms with van der Waals surface area (Å²) in [5.41, 5.74) is 9.26. The van der Waals surface area contributed by atoms with Gasteiger partial charge in [-0.2, -0.15) is 0 Å². The quantitative estimate of drug-likeness (QED) is 0.167. The van der Waals surface area contributed by atoms with Gasteiger partial charge in [-0.05, 0) is 101 Å². The van der Waals surface area contributed by atoms with Gasteiger partial charge in [0.05, 0.1) is 0 Å². The van der Waals surface area contributed by atoms with Gasteiger partial charge in [0.15, 0.2) is 0 Å². The lowest BCUT2D eigenvalue weighted by Crippen LogP contribution is -1.91. The number of thiophene rings is 1. The molecule has 0 aliphatic carbocycles. The van der Waals surface area contributed by atoms with Gasteiger partial charge >= 0.3 is 0 Å². The number of benzene rings is 10. The molecule has 12 aromatic rings. The zero-order chi connectivity index (χ0) is 35.3. The van der Waals surface area contributed by atoms with Gasteiger partial charge in [0.1, 0.15) is 11.2 Å². The molecule has 54 heavy (non-hydrogen) atoms. The van der Waals surface area contributed by atoms with E-state index in [4.69, 9.17) is 4.42 Å². The van der Waals surface area contributed by atoms with E-state index in [1.54, 1.807) is 0 Å². The minimum atomic E-state index is 0.915. The highest BCUT2D eigenvalue weighted by Crippen LogP contribution is 2.47. The molecule has 0 saturated carbocycles. The maximum absolute atomic E-state index is 6.21. The number of rotatable bonds is 3. The highest BCUT2D eigenvalue weighted by molar-refractivity contribution is 7.27. The monoisotopic (exact) mass is 702 g/mol. The van der Waals surface area contributed by atoms with Crippen molar-refractivity contribution in [1.29, 1.82) is 0 Å². The zero-order valence-corrected chi connectivity index (χ0v) is 30.0. The van der Waals surface area contributed by atoms with E-state index in [0.29, 0.717) is 0 Å². The summed E-state index contributed by atoms with van der Waals surface area (Å²) < 4.78 is 8.90. The van der Waals surface area contributed by atoms with Crippen LogP contribution in [-0.4, -0.2) is 0 Å². The largest absolute Gasteiger partial charge is 0.456 e. The summed E-state index contributed by atoms with van der Waals surface area (Å²) in [6, 6.07) is 66.7. The topological polar surface area (TPSA) is 13.1 Å². The Labute approximate surface area is 314 Å². The van der Waals surface area contributed by atoms with Crippen molar-refractivity contribution in [2.45, 2.75) is 0 Å². The molecule has 0 bridgehead atoms. The Morgan fingerprint density at radius 1 is 0.333 bits per heavy atom. The van der Waals surface area contributed by atoms with Crippen LogP contribution in [0.3, 0.4) is 0 Å². The fourth-order valence-electron chi connectivity index (χ4n) is 9.06. The van der Waals surface area contributed by atoms with Crippen LogP contribution in [-0.2, 0) is 0 Å². The fourth-order valence-corrected chi connectivity index (χ4v) is 10.3. The number of hydrogen-bond acceptors (Lipinski definition) is 2. The van der Waals surface area contributed by atoms with Gasteiger partial charge < -0.3 is 4.42 Å². The second kappa shape index (κ2) is 11.4. The highest BCUT2D eigenvalue weighted by atomic mass is 32.1. The van der Waals surface area contributed by atoms with Crippen LogP contribution in [0.1, 0.15) is 0 Å². The van der Waals surface area contributed by atoms with Gasteiger partial charge in [0.2, 0.25) is 0 Å². The van der Waals surface area contributed by atoms with Crippen molar-refractivity contribution in [1.82, 2.24) is 0 Å². The van der Waals surface area contributed by atoms with E-state index in [1.165, 1.54) is 96.6 Å². The van der Waals surface area contributed by atoms with Crippen molar-refractivity contribution in [3.05, 3.63) is 182 Å². The first-order valence-corrected chi connectivity index (χ1v) is 19.3. The van der Waals surface area contributed by atoms with Gasteiger partial charge in [0, 0.05) is 30.9 Å². The zero-order valence-electron chi connectivity index (χ0n) is 29.1. The van der Waals surface area contributed by atoms with E-state index >= 15 is 0 Å². The highest BCUT2D eigenvalue weighted by Gasteiger charge is 2.19. The molecular formula is C52H30OS. The van der Waals surface area contributed by atoms with Crippen LogP contribution in [0.4, 0.5) is 0 Å². The molecule has 0 fully saturated rings. The molecule has 2 heteroatoms. The summed E-state index contributed by atoms with van der Waals surface area (Å²) in [6.45, 7) is 0. The van der Waals surface area contributed by atoms with Crippen LogP contribution in [0.15, 0.2) is 186 Å². The third-order valence-electron chi connectivity index (χ3n) is 11.5. The molecule has 0 unspecified atom stereocenters. The van der Waals surface area contributed by atoms with E-state index < -0.39 is 0 Å². The molecule has 2 heterocycles. The molecular weight excluding hydrogens is 673 g/mol. The SMILES string of the molecule is c1ccc2c(c1)ccc1c2sc2cc(-c3ccc(-c4c5ccccc5c(-c5ccc6oc7ccccc7c6c5)c5ccccc45)cc3)c3ccccc3c21. The molecule has 0 radical (unpaired) electrons. The van der Waals surface area contributed by atoms with Crippen molar-refractivity contribution in [2.75, 3.05) is 0 Å². The Kier molecular flexibility index (Phi) is 6.28. The van der Waals surface area contributed by atoms with Gasteiger partial charge in [-0.15, -0.1) is 11.3 Å². The maximum atomic E-state index is 6.21. The van der Waals surface area contributed by atoms with Crippen LogP contribution >= 0.6 is 11.3 Å². The number of fused-ring (bicyclic) bond motifs is 12. The van der Waals surface area contributed by atoms with Crippen LogP contribution in [0.5, 0.6) is 0 Å². The maximum Gasteiger partial charge on any atom is 0.135 e.